The number of nitrogens with zero attached hydrogens (tertiary/aromatic N) is 1. The summed E-state index contributed by atoms with van der Waals surface area (Å²) in [6, 6.07) is 6.86. The van der Waals surface area contributed by atoms with Crippen LogP contribution in [-0.2, 0) is 14.3 Å². The lowest BCUT2D eigenvalue weighted by molar-refractivity contribution is -0.132. The summed E-state index contributed by atoms with van der Waals surface area (Å²) in [5.74, 6) is 0.245. The van der Waals surface area contributed by atoms with Crippen molar-refractivity contribution in [1.82, 2.24) is 10.2 Å². The molecule has 1 aromatic carbocycles. The van der Waals surface area contributed by atoms with E-state index in [9.17, 15) is 14.4 Å². The number of carbonyl (C=O) groups is 3. The number of amides is 3. The lowest BCUT2D eigenvalue weighted by atomic mass is 10.3. The molecule has 1 aromatic rings. The number of carbonyl (C=O) groups excluding carboxylic acids is 3. The molecule has 0 aromatic heterocycles. The molecule has 0 spiro atoms. The van der Waals surface area contributed by atoms with Gasteiger partial charge >= 0.3 is 6.09 Å². The van der Waals surface area contributed by atoms with Crippen molar-refractivity contribution in [2.24, 2.45) is 0 Å². The monoisotopic (exact) mass is 363 g/mol. The molecule has 0 bridgehead atoms. The number of likely N-dealkylation sites (tertiary alicyclic amines) is 1. The first-order valence-corrected chi connectivity index (χ1v) is 8.79. The topological polar surface area (TPSA) is 97.0 Å². The lowest BCUT2D eigenvalue weighted by Crippen LogP contribution is -2.32. The van der Waals surface area contributed by atoms with Crippen LogP contribution in [0.15, 0.2) is 24.3 Å². The van der Waals surface area contributed by atoms with Gasteiger partial charge < -0.3 is 25.0 Å². The number of hydrogen-bond acceptors (Lipinski definition) is 5. The average molecular weight is 363 g/mol. The third-order valence-corrected chi connectivity index (χ3v) is 3.84. The molecule has 1 fully saturated rings. The highest BCUT2D eigenvalue weighted by Gasteiger charge is 2.18. The van der Waals surface area contributed by atoms with Crippen LogP contribution in [0.1, 0.15) is 26.2 Å². The number of hydrogen-bond donors (Lipinski definition) is 2. The van der Waals surface area contributed by atoms with Crippen LogP contribution in [0.4, 0.5) is 10.5 Å². The molecule has 8 nitrogen and oxygen atoms in total. The second-order valence-electron chi connectivity index (χ2n) is 5.85. The van der Waals surface area contributed by atoms with E-state index in [1.807, 2.05) is 0 Å². The van der Waals surface area contributed by atoms with Crippen molar-refractivity contribution in [1.29, 1.82) is 0 Å². The van der Waals surface area contributed by atoms with Crippen LogP contribution in [0.2, 0.25) is 0 Å². The second kappa shape index (κ2) is 10.3. The molecule has 0 saturated carbocycles. The van der Waals surface area contributed by atoms with Crippen molar-refractivity contribution in [2.75, 3.05) is 38.2 Å². The van der Waals surface area contributed by atoms with Gasteiger partial charge in [0.05, 0.1) is 6.61 Å². The molecule has 26 heavy (non-hydrogen) atoms. The third kappa shape index (κ3) is 6.62. The van der Waals surface area contributed by atoms with Crippen LogP contribution in [0, 0.1) is 0 Å². The van der Waals surface area contributed by atoms with Gasteiger partial charge in [0, 0.05) is 37.8 Å². The molecule has 2 rings (SSSR count). The first-order valence-electron chi connectivity index (χ1n) is 8.79. The molecule has 1 aliphatic rings. The highest BCUT2D eigenvalue weighted by atomic mass is 16.5. The standard InChI is InChI=1S/C18H25N3O5/c1-2-25-18(24)19-9-8-16(22)20-14-6-5-7-15(12-14)26-13-17(23)21-10-3-4-11-21/h5-7,12H,2-4,8-11,13H2,1H3,(H,19,24)(H,20,22). The summed E-state index contributed by atoms with van der Waals surface area (Å²) in [4.78, 5) is 36.8. The molecule has 0 radical (unpaired) electrons. The zero-order valence-electron chi connectivity index (χ0n) is 15.0. The zero-order valence-corrected chi connectivity index (χ0v) is 15.0. The molecule has 0 aliphatic carbocycles. The van der Waals surface area contributed by atoms with E-state index in [1.54, 1.807) is 36.1 Å². The van der Waals surface area contributed by atoms with Gasteiger partial charge in [-0.1, -0.05) is 6.07 Å². The molecule has 3 amide bonds. The van der Waals surface area contributed by atoms with E-state index in [0.29, 0.717) is 11.4 Å². The lowest BCUT2D eigenvalue weighted by Gasteiger charge is -2.15. The van der Waals surface area contributed by atoms with E-state index in [-0.39, 0.29) is 38.0 Å². The van der Waals surface area contributed by atoms with Crippen molar-refractivity contribution in [3.05, 3.63) is 24.3 Å². The molecule has 142 valence electrons. The Morgan fingerprint density at radius 1 is 1.19 bits per heavy atom. The third-order valence-electron chi connectivity index (χ3n) is 3.84. The van der Waals surface area contributed by atoms with Crippen LogP contribution in [-0.4, -0.2) is 55.7 Å². The number of anilines is 1. The Morgan fingerprint density at radius 2 is 1.96 bits per heavy atom. The van der Waals surface area contributed by atoms with Gasteiger partial charge in [-0.15, -0.1) is 0 Å². The maximum absolute atomic E-state index is 12.0. The molecule has 1 aliphatic heterocycles. The van der Waals surface area contributed by atoms with Crippen LogP contribution in [0.25, 0.3) is 0 Å². The fraction of sp³-hybridized carbons (Fsp3) is 0.500. The molecule has 2 N–H and O–H groups in total. The Labute approximate surface area is 152 Å². The van der Waals surface area contributed by atoms with E-state index in [4.69, 9.17) is 9.47 Å². The van der Waals surface area contributed by atoms with Crippen LogP contribution in [0.5, 0.6) is 5.75 Å². The summed E-state index contributed by atoms with van der Waals surface area (Å²) in [7, 11) is 0. The molecular weight excluding hydrogens is 338 g/mol. The number of benzene rings is 1. The maximum atomic E-state index is 12.0. The molecule has 8 heteroatoms. The predicted octanol–water partition coefficient (Wildman–Crippen LogP) is 1.76. The number of alkyl carbamates (subject to hydrolysis) is 1. The highest BCUT2D eigenvalue weighted by Crippen LogP contribution is 2.18. The van der Waals surface area contributed by atoms with E-state index < -0.39 is 6.09 Å². The van der Waals surface area contributed by atoms with Crippen molar-refractivity contribution in [3.63, 3.8) is 0 Å². The molecular formula is C18H25N3O5. The van der Waals surface area contributed by atoms with Crippen LogP contribution in [0.3, 0.4) is 0 Å². The summed E-state index contributed by atoms with van der Waals surface area (Å²) in [5.41, 5.74) is 0.567. The largest absolute Gasteiger partial charge is 0.484 e. The van der Waals surface area contributed by atoms with E-state index >= 15 is 0 Å². The molecule has 0 unspecified atom stereocenters. The Hall–Kier alpha value is -2.77. The van der Waals surface area contributed by atoms with Gasteiger partial charge in [0.25, 0.3) is 5.91 Å². The second-order valence-corrected chi connectivity index (χ2v) is 5.85. The average Bonchev–Trinajstić information content (AvgIpc) is 3.15. The summed E-state index contributed by atoms with van der Waals surface area (Å²) in [6.07, 6.45) is 1.66. The Morgan fingerprint density at radius 3 is 2.69 bits per heavy atom. The van der Waals surface area contributed by atoms with E-state index in [2.05, 4.69) is 10.6 Å². The quantitative estimate of drug-likeness (QED) is 0.734. The van der Waals surface area contributed by atoms with Gasteiger partial charge in [-0.05, 0) is 31.9 Å². The van der Waals surface area contributed by atoms with Gasteiger partial charge in [0.1, 0.15) is 5.75 Å². The maximum Gasteiger partial charge on any atom is 0.407 e. The van der Waals surface area contributed by atoms with E-state index in [1.165, 1.54) is 0 Å². The summed E-state index contributed by atoms with van der Waals surface area (Å²) >= 11 is 0. The molecule has 1 heterocycles. The van der Waals surface area contributed by atoms with Crippen LogP contribution >= 0.6 is 0 Å². The van der Waals surface area contributed by atoms with Gasteiger partial charge in [0.15, 0.2) is 6.61 Å². The van der Waals surface area contributed by atoms with Crippen molar-refractivity contribution >= 4 is 23.6 Å². The Balaban J connectivity index is 1.74. The number of rotatable bonds is 8. The minimum absolute atomic E-state index is 0.0130. The summed E-state index contributed by atoms with van der Waals surface area (Å²) in [5, 5.41) is 5.21. The number of nitrogens with one attached hydrogen (secondary N) is 2. The summed E-state index contributed by atoms with van der Waals surface area (Å²) < 4.78 is 10.2. The molecule has 0 atom stereocenters. The zero-order chi connectivity index (χ0) is 18.8. The predicted molar refractivity (Wildman–Crippen MR) is 96.0 cm³/mol. The van der Waals surface area contributed by atoms with Gasteiger partial charge in [0.2, 0.25) is 5.91 Å². The smallest absolute Gasteiger partial charge is 0.407 e. The Kier molecular flexibility index (Phi) is 7.73. The Bertz CT molecular complexity index is 629. The fourth-order valence-electron chi connectivity index (χ4n) is 2.55. The van der Waals surface area contributed by atoms with Crippen LogP contribution < -0.4 is 15.4 Å². The first-order chi connectivity index (χ1) is 12.6. The SMILES string of the molecule is CCOC(=O)NCCC(=O)Nc1cccc(OCC(=O)N2CCCC2)c1. The minimum Gasteiger partial charge on any atom is -0.484 e. The van der Waals surface area contributed by atoms with E-state index in [0.717, 1.165) is 25.9 Å². The number of ether oxygens (including phenoxy) is 2. The highest BCUT2D eigenvalue weighted by molar-refractivity contribution is 5.91. The minimum atomic E-state index is -0.543. The van der Waals surface area contributed by atoms with Crippen molar-refractivity contribution in [2.45, 2.75) is 26.2 Å². The van der Waals surface area contributed by atoms with Crippen molar-refractivity contribution in [3.8, 4) is 5.75 Å². The van der Waals surface area contributed by atoms with Gasteiger partial charge in [-0.2, -0.15) is 0 Å². The molecule has 1 saturated heterocycles. The van der Waals surface area contributed by atoms with Gasteiger partial charge in [-0.3, -0.25) is 9.59 Å². The normalized spacial score (nSPS) is 13.2. The summed E-state index contributed by atoms with van der Waals surface area (Å²) in [6.45, 7) is 3.74. The fourth-order valence-corrected chi connectivity index (χ4v) is 2.55. The first kappa shape index (κ1) is 19.6. The van der Waals surface area contributed by atoms with Crippen molar-refractivity contribution < 1.29 is 23.9 Å². The van der Waals surface area contributed by atoms with Gasteiger partial charge in [-0.25, -0.2) is 4.79 Å².